The molecule has 0 amide bonds. The van der Waals surface area contributed by atoms with Crippen LogP contribution in [0, 0.1) is 35.5 Å². The lowest BCUT2D eigenvalue weighted by Gasteiger charge is -2.47. The maximum Gasteiger partial charge on any atom is 0.302 e. The van der Waals surface area contributed by atoms with Gasteiger partial charge in [0.25, 0.3) is 0 Å². The fourth-order valence-electron chi connectivity index (χ4n) is 5.43. The zero-order chi connectivity index (χ0) is 20.1. The fourth-order valence-corrected chi connectivity index (χ4v) is 5.43. The van der Waals surface area contributed by atoms with Crippen molar-refractivity contribution in [3.63, 3.8) is 0 Å². The Morgan fingerprint density at radius 3 is 2.52 bits per heavy atom. The smallest absolute Gasteiger partial charge is 0.302 e. The van der Waals surface area contributed by atoms with Gasteiger partial charge in [-0.15, -0.1) is 0 Å². The molecule has 2 aliphatic rings. The summed E-state index contributed by atoms with van der Waals surface area (Å²) in [5.41, 5.74) is 0. The molecule has 1 N–H and O–H groups in total. The van der Waals surface area contributed by atoms with E-state index in [1.807, 2.05) is 0 Å². The van der Waals surface area contributed by atoms with Gasteiger partial charge in [0.1, 0.15) is 11.9 Å². The van der Waals surface area contributed by atoms with Crippen molar-refractivity contribution < 1.29 is 19.4 Å². The van der Waals surface area contributed by atoms with Crippen LogP contribution in [0.4, 0.5) is 0 Å². The second kappa shape index (κ2) is 9.86. The Bertz CT molecular complexity index is 540. The van der Waals surface area contributed by atoms with Gasteiger partial charge in [-0.3, -0.25) is 9.59 Å². The van der Waals surface area contributed by atoms with Crippen molar-refractivity contribution >= 4 is 11.8 Å². The van der Waals surface area contributed by atoms with Crippen LogP contribution in [0.3, 0.4) is 0 Å². The van der Waals surface area contributed by atoms with Crippen LogP contribution in [0.5, 0.6) is 0 Å². The number of aliphatic hydroxyl groups is 1. The van der Waals surface area contributed by atoms with E-state index in [2.05, 4.69) is 32.9 Å². The quantitative estimate of drug-likeness (QED) is 0.497. The molecule has 2 aliphatic carbocycles. The van der Waals surface area contributed by atoms with E-state index in [1.165, 1.54) is 20.3 Å². The third-order valence-electron chi connectivity index (χ3n) is 6.57. The summed E-state index contributed by atoms with van der Waals surface area (Å²) in [6.07, 6.45) is 9.38. The first-order valence-corrected chi connectivity index (χ1v) is 10.7. The molecule has 0 aromatic heterocycles. The average Bonchev–Trinajstić information content (AvgIpc) is 2.52. The summed E-state index contributed by atoms with van der Waals surface area (Å²) < 4.78 is 5.77. The molecule has 0 aromatic carbocycles. The Kier molecular flexibility index (Phi) is 8.08. The summed E-state index contributed by atoms with van der Waals surface area (Å²) in [5.74, 6) is 2.72. The number of fused-ring (bicyclic) bond motifs is 1. The average molecular weight is 379 g/mol. The first-order valence-electron chi connectivity index (χ1n) is 10.7. The molecule has 27 heavy (non-hydrogen) atoms. The highest BCUT2D eigenvalue weighted by Gasteiger charge is 2.44. The molecule has 0 bridgehead atoms. The van der Waals surface area contributed by atoms with Crippen molar-refractivity contribution in [3.05, 3.63) is 12.2 Å². The number of carbonyl (C=O) groups is 2. The lowest BCUT2D eigenvalue weighted by Crippen LogP contribution is -2.45. The van der Waals surface area contributed by atoms with Crippen LogP contribution in [0.15, 0.2) is 12.2 Å². The highest BCUT2D eigenvalue weighted by Crippen LogP contribution is 2.47. The summed E-state index contributed by atoms with van der Waals surface area (Å²) in [4.78, 5) is 22.8. The lowest BCUT2D eigenvalue weighted by molar-refractivity contribution is -0.156. The van der Waals surface area contributed by atoms with Gasteiger partial charge in [-0.2, -0.15) is 0 Å². The Labute approximate surface area is 164 Å². The minimum absolute atomic E-state index is 0.0206. The highest BCUT2D eigenvalue weighted by atomic mass is 16.5. The van der Waals surface area contributed by atoms with E-state index in [0.29, 0.717) is 41.9 Å². The number of ketones is 1. The highest BCUT2D eigenvalue weighted by molar-refractivity contribution is 5.75. The number of esters is 1. The van der Waals surface area contributed by atoms with E-state index in [9.17, 15) is 14.7 Å². The molecule has 0 aliphatic heterocycles. The Hall–Kier alpha value is -1.16. The number of carbonyl (C=O) groups excluding carboxylic acids is 2. The van der Waals surface area contributed by atoms with Gasteiger partial charge in [-0.25, -0.2) is 0 Å². The van der Waals surface area contributed by atoms with Gasteiger partial charge < -0.3 is 9.84 Å². The molecule has 1 fully saturated rings. The maximum atomic E-state index is 11.7. The number of Topliss-reactive ketones (excluding diaryl/α,β-unsaturated/α-hetero) is 1. The van der Waals surface area contributed by atoms with Crippen LogP contribution >= 0.6 is 0 Å². The molecule has 4 heteroatoms. The number of rotatable bonds is 8. The van der Waals surface area contributed by atoms with Crippen molar-refractivity contribution in [3.8, 4) is 0 Å². The van der Waals surface area contributed by atoms with Crippen LogP contribution in [0.1, 0.15) is 73.1 Å². The standard InChI is InChI=1S/C23H38O4/c1-14(11-20(26)13-17(4)24)6-9-21-16(3)7-8-19-10-15(2)12-22(23(19)21)27-18(5)25/h7-8,14-16,19-23,26H,6,9-13H2,1-5H3. The van der Waals surface area contributed by atoms with Crippen molar-refractivity contribution in [2.45, 2.75) is 85.4 Å². The predicted molar refractivity (Wildman–Crippen MR) is 107 cm³/mol. The van der Waals surface area contributed by atoms with Gasteiger partial charge in [0.2, 0.25) is 0 Å². The van der Waals surface area contributed by atoms with Gasteiger partial charge in [0.05, 0.1) is 6.10 Å². The number of hydrogen-bond donors (Lipinski definition) is 1. The molecule has 1 saturated carbocycles. The first kappa shape index (κ1) is 22.1. The Balaban J connectivity index is 2.01. The summed E-state index contributed by atoms with van der Waals surface area (Å²) in [5, 5.41) is 10.0. The number of allylic oxidation sites excluding steroid dienone is 2. The van der Waals surface area contributed by atoms with E-state index in [-0.39, 0.29) is 24.3 Å². The zero-order valence-corrected chi connectivity index (χ0v) is 17.7. The first-order chi connectivity index (χ1) is 12.7. The Morgan fingerprint density at radius 2 is 1.89 bits per heavy atom. The van der Waals surface area contributed by atoms with E-state index < -0.39 is 6.10 Å². The summed E-state index contributed by atoms with van der Waals surface area (Å²) in [6, 6.07) is 0. The molecule has 0 spiro atoms. The number of aliphatic hydroxyl groups excluding tert-OH is 1. The molecule has 8 unspecified atom stereocenters. The molecule has 0 saturated heterocycles. The lowest BCUT2D eigenvalue weighted by atomic mass is 9.60. The molecule has 0 aromatic rings. The van der Waals surface area contributed by atoms with Crippen LogP contribution in [-0.4, -0.2) is 29.1 Å². The number of hydrogen-bond acceptors (Lipinski definition) is 4. The predicted octanol–water partition coefficient (Wildman–Crippen LogP) is 4.55. The largest absolute Gasteiger partial charge is 0.462 e. The summed E-state index contributed by atoms with van der Waals surface area (Å²) in [6.45, 7) is 9.74. The SMILES string of the molecule is CC(=O)CC(O)CC(C)CCC1C(C)C=CC2CC(C)CC(OC(C)=O)C21. The third-order valence-corrected chi connectivity index (χ3v) is 6.57. The van der Waals surface area contributed by atoms with Crippen molar-refractivity contribution in [2.24, 2.45) is 35.5 Å². The minimum atomic E-state index is -0.529. The van der Waals surface area contributed by atoms with Crippen molar-refractivity contribution in [1.29, 1.82) is 0 Å². The molecule has 0 radical (unpaired) electrons. The molecule has 4 nitrogen and oxygen atoms in total. The van der Waals surface area contributed by atoms with Crippen molar-refractivity contribution in [2.75, 3.05) is 0 Å². The molecule has 0 heterocycles. The summed E-state index contributed by atoms with van der Waals surface area (Å²) >= 11 is 0. The second-order valence-electron chi connectivity index (χ2n) is 9.35. The van der Waals surface area contributed by atoms with Crippen LogP contribution in [0.25, 0.3) is 0 Å². The molecular formula is C23H38O4. The van der Waals surface area contributed by atoms with Crippen LogP contribution in [-0.2, 0) is 14.3 Å². The normalized spacial score (nSPS) is 35.2. The van der Waals surface area contributed by atoms with E-state index in [1.54, 1.807) is 0 Å². The number of ether oxygens (including phenoxy) is 1. The minimum Gasteiger partial charge on any atom is -0.462 e. The van der Waals surface area contributed by atoms with Gasteiger partial charge in [0, 0.05) is 19.3 Å². The molecule has 8 atom stereocenters. The summed E-state index contributed by atoms with van der Waals surface area (Å²) in [7, 11) is 0. The van der Waals surface area contributed by atoms with Crippen LogP contribution < -0.4 is 0 Å². The third kappa shape index (κ3) is 6.44. The zero-order valence-electron chi connectivity index (χ0n) is 17.7. The molecular weight excluding hydrogens is 340 g/mol. The van der Waals surface area contributed by atoms with Crippen LogP contribution in [0.2, 0.25) is 0 Å². The van der Waals surface area contributed by atoms with Crippen molar-refractivity contribution in [1.82, 2.24) is 0 Å². The second-order valence-corrected chi connectivity index (χ2v) is 9.35. The van der Waals surface area contributed by atoms with Gasteiger partial charge >= 0.3 is 5.97 Å². The van der Waals surface area contributed by atoms with E-state index >= 15 is 0 Å². The maximum absolute atomic E-state index is 11.7. The van der Waals surface area contributed by atoms with Gasteiger partial charge in [0.15, 0.2) is 0 Å². The molecule has 2 rings (SSSR count). The monoisotopic (exact) mass is 378 g/mol. The van der Waals surface area contributed by atoms with E-state index in [4.69, 9.17) is 4.74 Å². The Morgan fingerprint density at radius 1 is 1.19 bits per heavy atom. The van der Waals surface area contributed by atoms with Gasteiger partial charge in [-0.05, 0) is 62.2 Å². The van der Waals surface area contributed by atoms with Gasteiger partial charge in [-0.1, -0.05) is 39.3 Å². The van der Waals surface area contributed by atoms with E-state index in [0.717, 1.165) is 19.3 Å². The fraction of sp³-hybridized carbons (Fsp3) is 0.826. The molecule has 154 valence electrons. The topological polar surface area (TPSA) is 63.6 Å².